The molecule has 82 valence electrons. The van der Waals surface area contributed by atoms with Crippen LogP contribution in [0.3, 0.4) is 0 Å². The van der Waals surface area contributed by atoms with Gasteiger partial charge in [-0.2, -0.15) is 8.78 Å². The van der Waals surface area contributed by atoms with Crippen molar-refractivity contribution in [2.24, 2.45) is 0 Å². The zero-order valence-electron chi connectivity index (χ0n) is 7.95. The van der Waals surface area contributed by atoms with Gasteiger partial charge >= 0.3 is 5.38 Å². The fourth-order valence-corrected chi connectivity index (χ4v) is 1.56. The van der Waals surface area contributed by atoms with Gasteiger partial charge < -0.3 is 0 Å². The molecule has 0 spiro atoms. The summed E-state index contributed by atoms with van der Waals surface area (Å²) >= 11 is 4.72. The lowest BCUT2D eigenvalue weighted by molar-refractivity contribution is 0.0538. The van der Waals surface area contributed by atoms with Gasteiger partial charge in [0, 0.05) is 17.1 Å². The highest BCUT2D eigenvalue weighted by atomic mass is 35.5. The standard InChI is InChI=1S/C11H6ClF2NO/c12-11(13,14)10(16)8-3-1-5-9-7(8)4-2-6-15-9/h1-6H. The van der Waals surface area contributed by atoms with Gasteiger partial charge in [0.25, 0.3) is 0 Å². The lowest BCUT2D eigenvalue weighted by Crippen LogP contribution is -2.21. The normalized spacial score (nSPS) is 11.7. The maximum atomic E-state index is 12.7. The van der Waals surface area contributed by atoms with Crippen LogP contribution in [0.4, 0.5) is 8.78 Å². The monoisotopic (exact) mass is 241 g/mol. The number of Topliss-reactive ketones (excluding diaryl/α,β-unsaturated/α-hetero) is 1. The minimum Gasteiger partial charge on any atom is -0.286 e. The van der Waals surface area contributed by atoms with Crippen LogP contribution in [0.25, 0.3) is 10.9 Å². The third-order valence-corrected chi connectivity index (χ3v) is 2.32. The Morgan fingerprint density at radius 3 is 2.69 bits per heavy atom. The number of carbonyl (C=O) groups is 1. The summed E-state index contributed by atoms with van der Waals surface area (Å²) in [6, 6.07) is 7.57. The van der Waals surface area contributed by atoms with E-state index < -0.39 is 11.2 Å². The van der Waals surface area contributed by atoms with Gasteiger partial charge in [0.15, 0.2) is 0 Å². The summed E-state index contributed by atoms with van der Waals surface area (Å²) in [5.74, 6) is -1.41. The van der Waals surface area contributed by atoms with E-state index in [2.05, 4.69) is 4.98 Å². The Hall–Kier alpha value is -1.55. The number of hydrogen-bond acceptors (Lipinski definition) is 2. The van der Waals surface area contributed by atoms with Crippen molar-refractivity contribution in [3.63, 3.8) is 0 Å². The van der Waals surface area contributed by atoms with Gasteiger partial charge in [-0.15, -0.1) is 0 Å². The second kappa shape index (κ2) is 3.79. The predicted molar refractivity (Wildman–Crippen MR) is 56.9 cm³/mol. The molecular formula is C11H6ClF2NO. The lowest BCUT2D eigenvalue weighted by atomic mass is 10.0. The Kier molecular flexibility index (Phi) is 2.59. The molecule has 0 radical (unpaired) electrons. The average molecular weight is 242 g/mol. The summed E-state index contributed by atoms with van der Waals surface area (Å²) in [5.41, 5.74) is 0.361. The summed E-state index contributed by atoms with van der Waals surface area (Å²) in [6.45, 7) is 0. The van der Waals surface area contributed by atoms with Crippen molar-refractivity contribution in [3.05, 3.63) is 42.1 Å². The molecule has 5 heteroatoms. The molecule has 0 aliphatic rings. The molecule has 0 saturated heterocycles. The van der Waals surface area contributed by atoms with Crippen LogP contribution in [-0.4, -0.2) is 16.1 Å². The summed E-state index contributed by atoms with van der Waals surface area (Å²) in [4.78, 5) is 15.3. The topological polar surface area (TPSA) is 30.0 Å². The Morgan fingerprint density at radius 1 is 1.25 bits per heavy atom. The smallest absolute Gasteiger partial charge is 0.286 e. The van der Waals surface area contributed by atoms with Gasteiger partial charge in [-0.3, -0.25) is 9.78 Å². The van der Waals surface area contributed by atoms with Crippen LogP contribution in [0, 0.1) is 0 Å². The van der Waals surface area contributed by atoms with Gasteiger partial charge in [-0.05, 0) is 23.7 Å². The summed E-state index contributed by atoms with van der Waals surface area (Å²) in [6.07, 6.45) is 1.52. The molecular weight excluding hydrogens is 236 g/mol. The molecule has 1 aromatic carbocycles. The summed E-state index contributed by atoms with van der Waals surface area (Å²) in [5, 5.41) is -3.51. The number of fused-ring (bicyclic) bond motifs is 1. The third kappa shape index (κ3) is 1.88. The molecule has 0 amide bonds. The van der Waals surface area contributed by atoms with Crippen LogP contribution in [-0.2, 0) is 0 Å². The molecule has 0 saturated carbocycles. The van der Waals surface area contributed by atoms with Crippen molar-refractivity contribution in [1.82, 2.24) is 4.98 Å². The second-order valence-electron chi connectivity index (χ2n) is 3.20. The number of aromatic nitrogens is 1. The van der Waals surface area contributed by atoms with Gasteiger partial charge in [0.05, 0.1) is 5.52 Å². The number of hydrogen-bond donors (Lipinski definition) is 0. The van der Waals surface area contributed by atoms with E-state index in [9.17, 15) is 13.6 Å². The predicted octanol–water partition coefficient (Wildman–Crippen LogP) is 3.25. The number of rotatable bonds is 2. The maximum Gasteiger partial charge on any atom is 0.384 e. The van der Waals surface area contributed by atoms with Gasteiger partial charge in [-0.25, -0.2) is 0 Å². The van der Waals surface area contributed by atoms with Crippen LogP contribution in [0.5, 0.6) is 0 Å². The first kappa shape index (κ1) is 11.0. The number of ketones is 1. The third-order valence-electron chi connectivity index (χ3n) is 2.15. The van der Waals surface area contributed by atoms with E-state index in [1.54, 1.807) is 18.2 Å². The molecule has 0 aliphatic heterocycles. The van der Waals surface area contributed by atoms with Crippen LogP contribution in [0.2, 0.25) is 0 Å². The maximum absolute atomic E-state index is 12.7. The highest BCUT2D eigenvalue weighted by molar-refractivity contribution is 6.36. The Balaban J connectivity index is 2.66. The van der Waals surface area contributed by atoms with Crippen molar-refractivity contribution in [2.45, 2.75) is 5.38 Å². The van der Waals surface area contributed by atoms with Crippen molar-refractivity contribution < 1.29 is 13.6 Å². The van der Waals surface area contributed by atoms with E-state index in [-0.39, 0.29) is 5.56 Å². The summed E-state index contributed by atoms with van der Waals surface area (Å²) in [7, 11) is 0. The SMILES string of the molecule is O=C(c1cccc2ncccc12)C(F)(F)Cl. The highest BCUT2D eigenvalue weighted by Gasteiger charge is 2.37. The highest BCUT2D eigenvalue weighted by Crippen LogP contribution is 2.27. The molecule has 2 nitrogen and oxygen atoms in total. The number of benzene rings is 1. The van der Waals surface area contributed by atoms with Crippen LogP contribution in [0.1, 0.15) is 10.4 Å². The minimum atomic E-state index is -3.88. The van der Waals surface area contributed by atoms with E-state index in [0.717, 1.165) is 0 Å². The molecule has 1 aromatic heterocycles. The first-order chi connectivity index (χ1) is 7.50. The summed E-state index contributed by atoms with van der Waals surface area (Å²) < 4.78 is 25.4. The second-order valence-corrected chi connectivity index (χ2v) is 3.68. The van der Waals surface area contributed by atoms with Crippen LogP contribution < -0.4 is 0 Å². The largest absolute Gasteiger partial charge is 0.384 e. The van der Waals surface area contributed by atoms with Crippen LogP contribution >= 0.6 is 11.6 Å². The molecule has 0 unspecified atom stereocenters. The number of halogens is 3. The number of nitrogens with zero attached hydrogens (tertiary/aromatic N) is 1. The number of carbonyl (C=O) groups excluding carboxylic acids is 1. The fraction of sp³-hybridized carbons (Fsp3) is 0.0909. The van der Waals surface area contributed by atoms with Gasteiger partial charge in [0.2, 0.25) is 5.78 Å². The molecule has 0 aliphatic carbocycles. The quantitative estimate of drug-likeness (QED) is 0.597. The Morgan fingerprint density at radius 2 is 2.00 bits per heavy atom. The van der Waals surface area contributed by atoms with E-state index >= 15 is 0 Å². The fourth-order valence-electron chi connectivity index (χ4n) is 1.45. The first-order valence-electron chi connectivity index (χ1n) is 4.45. The zero-order valence-corrected chi connectivity index (χ0v) is 8.71. The molecule has 2 aromatic rings. The van der Waals surface area contributed by atoms with E-state index in [1.807, 2.05) is 0 Å². The lowest BCUT2D eigenvalue weighted by Gasteiger charge is -2.08. The first-order valence-corrected chi connectivity index (χ1v) is 4.83. The zero-order chi connectivity index (χ0) is 11.8. The Labute approximate surface area is 94.9 Å². The van der Waals surface area contributed by atoms with E-state index in [4.69, 9.17) is 11.6 Å². The number of pyridine rings is 1. The minimum absolute atomic E-state index is 0.120. The molecule has 0 bridgehead atoms. The molecule has 2 rings (SSSR count). The molecule has 0 atom stereocenters. The van der Waals surface area contributed by atoms with Crippen molar-refractivity contribution in [3.8, 4) is 0 Å². The van der Waals surface area contributed by atoms with Crippen LogP contribution in [0.15, 0.2) is 36.5 Å². The van der Waals surface area contributed by atoms with E-state index in [1.165, 1.54) is 18.3 Å². The number of alkyl halides is 3. The van der Waals surface area contributed by atoms with Crippen molar-refractivity contribution in [2.75, 3.05) is 0 Å². The molecule has 0 fully saturated rings. The van der Waals surface area contributed by atoms with Gasteiger partial charge in [0.1, 0.15) is 0 Å². The van der Waals surface area contributed by atoms with Crippen molar-refractivity contribution in [1.29, 1.82) is 0 Å². The molecule has 0 N–H and O–H groups in total. The molecule has 1 heterocycles. The van der Waals surface area contributed by atoms with E-state index in [0.29, 0.717) is 10.9 Å². The van der Waals surface area contributed by atoms with Crippen molar-refractivity contribution >= 4 is 28.3 Å². The average Bonchev–Trinajstić information content (AvgIpc) is 2.26. The molecule has 16 heavy (non-hydrogen) atoms. The Bertz CT molecular complexity index is 546. The van der Waals surface area contributed by atoms with Gasteiger partial charge in [-0.1, -0.05) is 18.2 Å².